The van der Waals surface area contributed by atoms with Gasteiger partial charge in [-0.1, -0.05) is 84.0 Å². The number of benzene rings is 4. The van der Waals surface area contributed by atoms with Gasteiger partial charge in [0.05, 0.1) is 13.2 Å². The first kappa shape index (κ1) is 24.1. The lowest BCUT2D eigenvalue weighted by Crippen LogP contribution is -1.90. The van der Waals surface area contributed by atoms with E-state index in [1.54, 1.807) is 0 Å². The van der Waals surface area contributed by atoms with E-state index in [1.165, 1.54) is 11.1 Å². The van der Waals surface area contributed by atoms with Crippen molar-refractivity contribution in [3.05, 3.63) is 131 Å². The van der Waals surface area contributed by atoms with Crippen LogP contribution in [0.3, 0.4) is 0 Å². The summed E-state index contributed by atoms with van der Waals surface area (Å²) in [4.78, 5) is 0. The molecular formula is C32H30O3. The SMILES string of the molecule is Cc1ccc(Oc2ccc(C=CCOCC=Cc3ccc(Oc4ccc(C)cc4)cc3)cc2)cc1. The Labute approximate surface area is 207 Å². The van der Waals surface area contributed by atoms with Crippen LogP contribution in [0, 0.1) is 13.8 Å². The largest absolute Gasteiger partial charge is 0.457 e. The number of ether oxygens (including phenoxy) is 3. The van der Waals surface area contributed by atoms with E-state index < -0.39 is 0 Å². The third-order valence-corrected chi connectivity index (χ3v) is 5.32. The summed E-state index contributed by atoms with van der Waals surface area (Å²) in [5, 5.41) is 0. The Morgan fingerprint density at radius 3 is 1.11 bits per heavy atom. The zero-order valence-electron chi connectivity index (χ0n) is 20.2. The molecule has 0 aliphatic carbocycles. The Morgan fingerprint density at radius 2 is 0.771 bits per heavy atom. The lowest BCUT2D eigenvalue weighted by molar-refractivity contribution is 0.195. The van der Waals surface area contributed by atoms with Gasteiger partial charge in [0.15, 0.2) is 0 Å². The van der Waals surface area contributed by atoms with Crippen molar-refractivity contribution in [3.8, 4) is 23.0 Å². The summed E-state index contributed by atoms with van der Waals surface area (Å²) in [7, 11) is 0. The maximum atomic E-state index is 5.87. The topological polar surface area (TPSA) is 27.7 Å². The Hall–Kier alpha value is -4.08. The first-order chi connectivity index (χ1) is 17.1. The van der Waals surface area contributed by atoms with Crippen LogP contribution in [0.1, 0.15) is 22.3 Å². The van der Waals surface area contributed by atoms with Gasteiger partial charge >= 0.3 is 0 Å². The number of aryl methyl sites for hydroxylation is 2. The summed E-state index contributed by atoms with van der Waals surface area (Å²) in [5.41, 5.74) is 4.64. The van der Waals surface area contributed by atoms with Crippen molar-refractivity contribution in [2.45, 2.75) is 13.8 Å². The fraction of sp³-hybridized carbons (Fsp3) is 0.125. The summed E-state index contributed by atoms with van der Waals surface area (Å²) in [5.74, 6) is 3.32. The van der Waals surface area contributed by atoms with Crippen molar-refractivity contribution >= 4 is 12.2 Å². The molecule has 0 aliphatic rings. The van der Waals surface area contributed by atoms with E-state index in [1.807, 2.05) is 121 Å². The van der Waals surface area contributed by atoms with Gasteiger partial charge in [0, 0.05) is 0 Å². The highest BCUT2D eigenvalue weighted by Crippen LogP contribution is 2.23. The molecule has 3 nitrogen and oxygen atoms in total. The molecule has 0 saturated carbocycles. The van der Waals surface area contributed by atoms with Crippen LogP contribution < -0.4 is 9.47 Å². The number of hydrogen-bond donors (Lipinski definition) is 0. The molecule has 4 aromatic carbocycles. The van der Waals surface area contributed by atoms with E-state index in [-0.39, 0.29) is 0 Å². The maximum Gasteiger partial charge on any atom is 0.127 e. The van der Waals surface area contributed by atoms with Crippen molar-refractivity contribution in [1.29, 1.82) is 0 Å². The van der Waals surface area contributed by atoms with Crippen LogP contribution in [0.2, 0.25) is 0 Å². The fourth-order valence-corrected chi connectivity index (χ4v) is 3.35. The highest BCUT2D eigenvalue weighted by Gasteiger charge is 1.98. The van der Waals surface area contributed by atoms with E-state index in [4.69, 9.17) is 14.2 Å². The van der Waals surface area contributed by atoms with Crippen molar-refractivity contribution in [1.82, 2.24) is 0 Å². The molecule has 4 rings (SSSR count). The highest BCUT2D eigenvalue weighted by molar-refractivity contribution is 5.52. The molecule has 0 saturated heterocycles. The minimum atomic E-state index is 0.551. The van der Waals surface area contributed by atoms with Gasteiger partial charge in [0.2, 0.25) is 0 Å². The van der Waals surface area contributed by atoms with Crippen LogP contribution in [-0.2, 0) is 4.74 Å². The molecule has 0 spiro atoms. The molecule has 4 aromatic rings. The Kier molecular flexibility index (Phi) is 8.52. The summed E-state index contributed by atoms with van der Waals surface area (Å²) >= 11 is 0. The van der Waals surface area contributed by atoms with Crippen LogP contribution in [0.5, 0.6) is 23.0 Å². The van der Waals surface area contributed by atoms with E-state index >= 15 is 0 Å². The van der Waals surface area contributed by atoms with Gasteiger partial charge in [0.1, 0.15) is 23.0 Å². The third kappa shape index (κ3) is 8.02. The molecule has 176 valence electrons. The normalized spacial score (nSPS) is 11.3. The van der Waals surface area contributed by atoms with Crippen LogP contribution in [0.4, 0.5) is 0 Å². The van der Waals surface area contributed by atoms with Crippen LogP contribution in [0.15, 0.2) is 109 Å². The quantitative estimate of drug-likeness (QED) is 0.221. The van der Waals surface area contributed by atoms with Gasteiger partial charge in [-0.05, 0) is 73.5 Å². The number of hydrogen-bond acceptors (Lipinski definition) is 3. The first-order valence-electron chi connectivity index (χ1n) is 11.7. The standard InChI is InChI=1S/C32H30O3/c1-25-7-15-29(16-8-25)34-31-19-11-27(12-20-31)5-3-23-33-24-4-6-28-13-21-32(22-14-28)35-30-17-9-26(2)10-18-30/h3-22H,23-24H2,1-2H3. The molecule has 0 atom stereocenters. The first-order valence-corrected chi connectivity index (χ1v) is 11.7. The van der Waals surface area contributed by atoms with Crippen molar-refractivity contribution in [2.24, 2.45) is 0 Å². The Morgan fingerprint density at radius 1 is 0.457 bits per heavy atom. The summed E-state index contributed by atoms with van der Waals surface area (Å²) < 4.78 is 17.4. The second kappa shape index (κ2) is 12.4. The molecule has 0 radical (unpaired) electrons. The van der Waals surface area contributed by atoms with Gasteiger partial charge in [0.25, 0.3) is 0 Å². The highest BCUT2D eigenvalue weighted by atomic mass is 16.5. The molecule has 0 fully saturated rings. The predicted molar refractivity (Wildman–Crippen MR) is 144 cm³/mol. The van der Waals surface area contributed by atoms with E-state index in [9.17, 15) is 0 Å². The van der Waals surface area contributed by atoms with E-state index in [0.717, 1.165) is 34.1 Å². The molecule has 0 amide bonds. The lowest BCUT2D eigenvalue weighted by atomic mass is 10.2. The lowest BCUT2D eigenvalue weighted by Gasteiger charge is -2.06. The predicted octanol–water partition coefficient (Wildman–Crippen LogP) is 8.63. The summed E-state index contributed by atoms with van der Waals surface area (Å²) in [6.07, 6.45) is 8.13. The van der Waals surface area contributed by atoms with Crippen molar-refractivity contribution in [2.75, 3.05) is 13.2 Å². The molecule has 35 heavy (non-hydrogen) atoms. The zero-order valence-corrected chi connectivity index (χ0v) is 20.2. The molecule has 0 heterocycles. The zero-order chi connectivity index (χ0) is 24.3. The van der Waals surface area contributed by atoms with Crippen molar-refractivity contribution in [3.63, 3.8) is 0 Å². The Balaban J connectivity index is 1.16. The molecular weight excluding hydrogens is 432 g/mol. The van der Waals surface area contributed by atoms with Gasteiger partial charge in [-0.15, -0.1) is 0 Å². The average Bonchev–Trinajstić information content (AvgIpc) is 2.88. The van der Waals surface area contributed by atoms with Gasteiger partial charge in [-0.25, -0.2) is 0 Å². The molecule has 0 aromatic heterocycles. The van der Waals surface area contributed by atoms with Gasteiger partial charge in [-0.3, -0.25) is 0 Å². The smallest absolute Gasteiger partial charge is 0.127 e. The third-order valence-electron chi connectivity index (χ3n) is 5.32. The number of rotatable bonds is 10. The summed E-state index contributed by atoms with van der Waals surface area (Å²) in [6, 6.07) is 32.1. The second-order valence-electron chi connectivity index (χ2n) is 8.31. The fourth-order valence-electron chi connectivity index (χ4n) is 3.35. The molecule has 0 bridgehead atoms. The van der Waals surface area contributed by atoms with Crippen molar-refractivity contribution < 1.29 is 14.2 Å². The van der Waals surface area contributed by atoms with Gasteiger partial charge in [-0.2, -0.15) is 0 Å². The molecule has 0 aliphatic heterocycles. The summed E-state index contributed by atoms with van der Waals surface area (Å²) in [6.45, 7) is 5.23. The second-order valence-corrected chi connectivity index (χ2v) is 8.31. The average molecular weight is 463 g/mol. The molecule has 0 unspecified atom stereocenters. The van der Waals surface area contributed by atoms with Crippen LogP contribution in [0.25, 0.3) is 12.2 Å². The maximum absolute atomic E-state index is 5.87. The minimum Gasteiger partial charge on any atom is -0.457 e. The minimum absolute atomic E-state index is 0.551. The molecule has 0 N–H and O–H groups in total. The Bertz CT molecular complexity index is 1130. The monoisotopic (exact) mass is 462 g/mol. The van der Waals surface area contributed by atoms with E-state index in [2.05, 4.69) is 13.8 Å². The van der Waals surface area contributed by atoms with E-state index in [0.29, 0.717) is 13.2 Å². The van der Waals surface area contributed by atoms with Crippen LogP contribution >= 0.6 is 0 Å². The molecule has 3 heteroatoms. The van der Waals surface area contributed by atoms with Gasteiger partial charge < -0.3 is 14.2 Å². The van der Waals surface area contributed by atoms with Crippen LogP contribution in [-0.4, -0.2) is 13.2 Å².